The molecule has 0 saturated heterocycles. The molecule has 1 rings (SSSR count). The molecule has 0 heterocycles. The zero-order valence-corrected chi connectivity index (χ0v) is 13.4. The molecule has 0 radical (unpaired) electrons. The molecule has 1 aromatic carbocycles. The van der Waals surface area contributed by atoms with Crippen molar-refractivity contribution in [3.63, 3.8) is 0 Å². The van der Waals surface area contributed by atoms with Crippen molar-refractivity contribution in [1.82, 2.24) is 0 Å². The van der Waals surface area contributed by atoms with Gasteiger partial charge < -0.3 is 4.74 Å². The molecule has 0 fully saturated rings. The topological polar surface area (TPSA) is 113 Å². The Balaban J connectivity index is 3.55. The van der Waals surface area contributed by atoms with Crippen LogP contribution in [0.5, 0.6) is 5.75 Å². The summed E-state index contributed by atoms with van der Waals surface area (Å²) >= 11 is 0. The number of non-ortho nitro benzene ring substituents is 1. The van der Waals surface area contributed by atoms with Crippen molar-refractivity contribution in [2.45, 2.75) is 40.0 Å². The van der Waals surface area contributed by atoms with E-state index in [0.29, 0.717) is 12.0 Å². The summed E-state index contributed by atoms with van der Waals surface area (Å²) in [5, 5.41) is 22.2. The highest BCUT2D eigenvalue weighted by Gasteiger charge is 2.28. The average Bonchev–Trinajstić information content (AvgIpc) is 2.44. The Morgan fingerprint density at radius 1 is 1.26 bits per heavy atom. The molecule has 124 valence electrons. The van der Waals surface area contributed by atoms with Crippen molar-refractivity contribution in [3.05, 3.63) is 49.6 Å². The molecule has 0 N–H and O–H groups in total. The summed E-state index contributed by atoms with van der Waals surface area (Å²) in [6, 6.07) is 2.02. The number of nitro groups is 2. The first-order chi connectivity index (χ1) is 10.7. The van der Waals surface area contributed by atoms with Crippen LogP contribution in [0, 0.1) is 20.2 Å². The van der Waals surface area contributed by atoms with E-state index in [0.717, 1.165) is 6.07 Å². The largest absolute Gasteiger partial charge is 0.416 e. The second-order valence-corrected chi connectivity index (χ2v) is 5.35. The van der Waals surface area contributed by atoms with Crippen molar-refractivity contribution in [1.29, 1.82) is 0 Å². The Labute approximate surface area is 133 Å². The molecule has 0 aliphatic rings. The van der Waals surface area contributed by atoms with E-state index < -0.39 is 27.2 Å². The summed E-state index contributed by atoms with van der Waals surface area (Å²) in [4.78, 5) is 32.6. The van der Waals surface area contributed by atoms with E-state index in [9.17, 15) is 25.0 Å². The van der Waals surface area contributed by atoms with E-state index in [-0.39, 0.29) is 17.2 Å². The minimum absolute atomic E-state index is 0.238. The molecule has 0 spiro atoms. The second kappa shape index (κ2) is 7.48. The Kier molecular flexibility index (Phi) is 5.94. The highest BCUT2D eigenvalue weighted by Crippen LogP contribution is 2.40. The van der Waals surface area contributed by atoms with Gasteiger partial charge in [0, 0.05) is 17.7 Å². The van der Waals surface area contributed by atoms with Crippen LogP contribution in [0.2, 0.25) is 0 Å². The van der Waals surface area contributed by atoms with Crippen molar-refractivity contribution >= 4 is 17.3 Å². The van der Waals surface area contributed by atoms with Crippen LogP contribution in [0.1, 0.15) is 45.6 Å². The van der Waals surface area contributed by atoms with Crippen LogP contribution < -0.4 is 4.74 Å². The quantitative estimate of drug-likeness (QED) is 0.258. The van der Waals surface area contributed by atoms with Gasteiger partial charge in [0.2, 0.25) is 5.75 Å². The standard InChI is InChI=1S/C15H18N2O6/c1-5-10(4)12-7-11(16(19)20)8-13(17(21)22)15(12)23-14(18)6-9(2)3/h6-8,10H,5H2,1-4H3/t10-/m1/s1. The molecular formula is C15H18N2O6. The van der Waals surface area contributed by atoms with E-state index in [1.807, 2.05) is 6.92 Å². The van der Waals surface area contributed by atoms with Gasteiger partial charge >= 0.3 is 11.7 Å². The third-order valence-corrected chi connectivity index (χ3v) is 3.24. The average molecular weight is 322 g/mol. The van der Waals surface area contributed by atoms with E-state index in [1.165, 1.54) is 12.1 Å². The first-order valence-corrected chi connectivity index (χ1v) is 7.00. The van der Waals surface area contributed by atoms with Gasteiger partial charge in [0.15, 0.2) is 0 Å². The highest BCUT2D eigenvalue weighted by atomic mass is 16.6. The number of hydrogen-bond acceptors (Lipinski definition) is 6. The molecule has 8 nitrogen and oxygen atoms in total. The van der Waals surface area contributed by atoms with Crippen LogP contribution in [-0.2, 0) is 4.79 Å². The fraction of sp³-hybridized carbons (Fsp3) is 0.400. The third kappa shape index (κ3) is 4.60. The lowest BCUT2D eigenvalue weighted by Gasteiger charge is -2.14. The summed E-state index contributed by atoms with van der Waals surface area (Å²) in [6.45, 7) is 6.94. The molecule has 0 aliphatic carbocycles. The summed E-state index contributed by atoms with van der Waals surface area (Å²) in [5.74, 6) is -1.24. The third-order valence-electron chi connectivity index (χ3n) is 3.24. The van der Waals surface area contributed by atoms with Crippen LogP contribution in [0.15, 0.2) is 23.8 Å². The van der Waals surface area contributed by atoms with Gasteiger partial charge in [-0.2, -0.15) is 0 Å². The number of rotatable bonds is 6. The number of benzene rings is 1. The van der Waals surface area contributed by atoms with Crippen LogP contribution in [0.25, 0.3) is 0 Å². The zero-order valence-electron chi connectivity index (χ0n) is 13.4. The molecule has 1 aromatic rings. The number of allylic oxidation sites excluding steroid dienone is 1. The Morgan fingerprint density at radius 3 is 2.30 bits per heavy atom. The van der Waals surface area contributed by atoms with Crippen LogP contribution in [0.4, 0.5) is 11.4 Å². The number of ether oxygens (including phenoxy) is 1. The van der Waals surface area contributed by atoms with Crippen LogP contribution in [-0.4, -0.2) is 15.8 Å². The number of esters is 1. The van der Waals surface area contributed by atoms with Gasteiger partial charge in [0.1, 0.15) is 0 Å². The highest BCUT2D eigenvalue weighted by molar-refractivity contribution is 5.86. The lowest BCUT2D eigenvalue weighted by atomic mass is 9.96. The van der Waals surface area contributed by atoms with E-state index in [2.05, 4.69) is 0 Å². The minimum atomic E-state index is -0.788. The van der Waals surface area contributed by atoms with Gasteiger partial charge in [0.25, 0.3) is 5.69 Å². The van der Waals surface area contributed by atoms with Crippen molar-refractivity contribution in [2.24, 2.45) is 0 Å². The molecule has 0 aliphatic heterocycles. The summed E-state index contributed by atoms with van der Waals surface area (Å²) in [6.07, 6.45) is 1.77. The molecule has 8 heteroatoms. The molecule has 23 heavy (non-hydrogen) atoms. The van der Waals surface area contributed by atoms with Crippen LogP contribution >= 0.6 is 0 Å². The van der Waals surface area contributed by atoms with E-state index >= 15 is 0 Å². The number of carbonyl (C=O) groups excluding carboxylic acids is 1. The molecule has 0 bridgehead atoms. The zero-order chi connectivity index (χ0) is 17.7. The molecule has 0 aromatic heterocycles. The predicted octanol–water partition coefficient (Wildman–Crippen LogP) is 3.89. The maximum absolute atomic E-state index is 11.8. The fourth-order valence-electron chi connectivity index (χ4n) is 1.92. The van der Waals surface area contributed by atoms with Gasteiger partial charge in [-0.15, -0.1) is 0 Å². The number of nitrogens with zero attached hydrogens (tertiary/aromatic N) is 2. The van der Waals surface area contributed by atoms with E-state index in [1.54, 1.807) is 20.8 Å². The van der Waals surface area contributed by atoms with Gasteiger partial charge in [-0.1, -0.05) is 19.4 Å². The van der Waals surface area contributed by atoms with Gasteiger partial charge in [-0.05, 0) is 26.2 Å². The first-order valence-electron chi connectivity index (χ1n) is 7.00. The lowest BCUT2D eigenvalue weighted by molar-refractivity contribution is -0.394. The van der Waals surface area contributed by atoms with Crippen molar-refractivity contribution in [2.75, 3.05) is 0 Å². The minimum Gasteiger partial charge on any atom is -0.416 e. The van der Waals surface area contributed by atoms with Gasteiger partial charge in [0.05, 0.1) is 15.9 Å². The Hall–Kier alpha value is -2.77. The maximum atomic E-state index is 11.8. The molecule has 0 unspecified atom stereocenters. The predicted molar refractivity (Wildman–Crippen MR) is 83.5 cm³/mol. The summed E-state index contributed by atoms with van der Waals surface area (Å²) < 4.78 is 5.13. The smallest absolute Gasteiger partial charge is 0.336 e. The van der Waals surface area contributed by atoms with Gasteiger partial charge in [-0.25, -0.2) is 4.79 Å². The summed E-state index contributed by atoms with van der Waals surface area (Å²) in [7, 11) is 0. The van der Waals surface area contributed by atoms with Crippen molar-refractivity contribution in [3.8, 4) is 5.75 Å². The summed E-state index contributed by atoms with van der Waals surface area (Å²) in [5.41, 5.74) is -0.0624. The normalized spacial score (nSPS) is 11.5. The SMILES string of the molecule is CC[C@@H](C)c1cc([N+](=O)[O-])cc([N+](=O)[O-])c1OC(=O)C=C(C)C. The second-order valence-electron chi connectivity index (χ2n) is 5.35. The van der Waals surface area contributed by atoms with Gasteiger partial charge in [-0.3, -0.25) is 20.2 Å². The lowest BCUT2D eigenvalue weighted by Crippen LogP contribution is -2.10. The Morgan fingerprint density at radius 2 is 1.87 bits per heavy atom. The van der Waals surface area contributed by atoms with Crippen LogP contribution in [0.3, 0.4) is 0 Å². The number of nitro benzene ring substituents is 2. The molecule has 0 amide bonds. The van der Waals surface area contributed by atoms with E-state index in [4.69, 9.17) is 4.74 Å². The number of carbonyl (C=O) groups is 1. The molecular weight excluding hydrogens is 304 g/mol. The van der Waals surface area contributed by atoms with Crippen molar-refractivity contribution < 1.29 is 19.4 Å². The maximum Gasteiger partial charge on any atom is 0.336 e. The fourth-order valence-corrected chi connectivity index (χ4v) is 1.92. The Bertz CT molecular complexity index is 677. The molecule has 1 atom stereocenters. The monoisotopic (exact) mass is 322 g/mol. The number of hydrogen-bond donors (Lipinski definition) is 0. The first kappa shape index (κ1) is 18.3. The molecule has 0 saturated carbocycles.